The number of alkyl halides is 3. The van der Waals surface area contributed by atoms with E-state index < -0.39 is 27.4 Å². The van der Waals surface area contributed by atoms with Gasteiger partial charge >= 0.3 is 6.18 Å². The van der Waals surface area contributed by atoms with E-state index in [0.29, 0.717) is 23.9 Å². The van der Waals surface area contributed by atoms with Gasteiger partial charge in [-0.05, 0) is 41.8 Å². The van der Waals surface area contributed by atoms with Crippen LogP contribution in [0.5, 0.6) is 0 Å². The molecule has 0 amide bonds. The van der Waals surface area contributed by atoms with Crippen LogP contribution in [0.1, 0.15) is 16.7 Å². The number of nitrogens with zero attached hydrogens (tertiary/aromatic N) is 2. The lowest BCUT2D eigenvalue weighted by Crippen LogP contribution is -2.14. The highest BCUT2D eigenvalue weighted by Crippen LogP contribution is 2.34. The van der Waals surface area contributed by atoms with Crippen molar-refractivity contribution in [2.45, 2.75) is 24.0 Å². The highest BCUT2D eigenvalue weighted by molar-refractivity contribution is 7.90. The molecule has 0 unspecified atom stereocenters. The van der Waals surface area contributed by atoms with Crippen molar-refractivity contribution in [2.24, 2.45) is 0 Å². The molecule has 3 rings (SSSR count). The summed E-state index contributed by atoms with van der Waals surface area (Å²) >= 11 is 0. The molecule has 0 aliphatic heterocycles. The number of nitrogens with one attached hydrogen (secondary N) is 2. The molecule has 0 aliphatic carbocycles. The lowest BCUT2D eigenvalue weighted by Gasteiger charge is -2.15. The van der Waals surface area contributed by atoms with E-state index in [1.165, 1.54) is 18.2 Å². The first-order valence-electron chi connectivity index (χ1n) is 9.50. The average molecular weight is 466 g/mol. The Morgan fingerprint density at radius 2 is 1.78 bits per heavy atom. The van der Waals surface area contributed by atoms with Crippen molar-refractivity contribution in [2.75, 3.05) is 23.5 Å². The second-order valence-corrected chi connectivity index (χ2v) is 9.04. The predicted octanol–water partition coefficient (Wildman–Crippen LogP) is 3.79. The van der Waals surface area contributed by atoms with Gasteiger partial charge in [0.2, 0.25) is 5.95 Å². The van der Waals surface area contributed by atoms with E-state index in [1.54, 1.807) is 30.3 Å². The minimum absolute atomic E-state index is 0.0108. The molecule has 0 atom stereocenters. The van der Waals surface area contributed by atoms with E-state index in [1.807, 2.05) is 0 Å². The quantitative estimate of drug-likeness (QED) is 0.464. The van der Waals surface area contributed by atoms with E-state index in [0.717, 1.165) is 11.8 Å². The molecule has 0 spiro atoms. The maximum absolute atomic E-state index is 13.4. The maximum Gasteiger partial charge on any atom is 0.421 e. The van der Waals surface area contributed by atoms with Crippen LogP contribution in [0.25, 0.3) is 0 Å². The Morgan fingerprint density at radius 3 is 2.41 bits per heavy atom. The van der Waals surface area contributed by atoms with Crippen LogP contribution in [-0.4, -0.2) is 36.4 Å². The normalized spacial score (nSPS) is 11.9. The summed E-state index contributed by atoms with van der Waals surface area (Å²) in [6, 6.07) is 12.9. The van der Waals surface area contributed by atoms with Gasteiger partial charge in [-0.15, -0.1) is 0 Å². The van der Waals surface area contributed by atoms with Crippen molar-refractivity contribution >= 4 is 27.3 Å². The Hall–Kier alpha value is -3.18. The Morgan fingerprint density at radius 1 is 1.06 bits per heavy atom. The van der Waals surface area contributed by atoms with E-state index in [-0.39, 0.29) is 24.0 Å². The number of rotatable bonds is 8. The molecule has 3 N–H and O–H groups in total. The summed E-state index contributed by atoms with van der Waals surface area (Å²) in [5.74, 6) is -0.475. The maximum atomic E-state index is 13.4. The summed E-state index contributed by atoms with van der Waals surface area (Å²) in [7, 11) is -3.45. The molecule has 0 aliphatic rings. The van der Waals surface area contributed by atoms with Crippen molar-refractivity contribution < 1.29 is 26.7 Å². The Labute approximate surface area is 183 Å². The Bertz CT molecular complexity index is 1180. The summed E-state index contributed by atoms with van der Waals surface area (Å²) in [6.45, 7) is -0.0599. The van der Waals surface area contributed by atoms with Crippen LogP contribution < -0.4 is 10.6 Å². The minimum atomic E-state index is -4.68. The minimum Gasteiger partial charge on any atom is -0.396 e. The third kappa shape index (κ3) is 6.17. The van der Waals surface area contributed by atoms with Crippen molar-refractivity contribution in [3.63, 3.8) is 0 Å². The molecular weight excluding hydrogens is 445 g/mol. The summed E-state index contributed by atoms with van der Waals surface area (Å²) in [4.78, 5) is 7.80. The molecule has 2 aromatic carbocycles. The van der Waals surface area contributed by atoms with Crippen molar-refractivity contribution in [1.29, 1.82) is 0 Å². The zero-order chi connectivity index (χ0) is 23.4. The lowest BCUT2D eigenvalue weighted by atomic mass is 10.1. The molecule has 11 heteroatoms. The lowest BCUT2D eigenvalue weighted by molar-refractivity contribution is -0.137. The average Bonchev–Trinajstić information content (AvgIpc) is 2.73. The number of aromatic nitrogens is 2. The van der Waals surface area contributed by atoms with Crippen molar-refractivity contribution in [1.82, 2.24) is 9.97 Å². The SMILES string of the molecule is CS(=O)(=O)c1cccc(CNc2nc(Nc3ccc(CCO)cc3)ncc2C(F)(F)F)c1. The largest absolute Gasteiger partial charge is 0.421 e. The highest BCUT2D eigenvalue weighted by atomic mass is 32.2. The molecule has 1 aromatic heterocycles. The second-order valence-electron chi connectivity index (χ2n) is 7.02. The first-order chi connectivity index (χ1) is 15.1. The van der Waals surface area contributed by atoms with Crippen LogP contribution in [0, 0.1) is 0 Å². The molecule has 0 saturated carbocycles. The van der Waals surface area contributed by atoms with E-state index in [2.05, 4.69) is 20.6 Å². The number of hydrogen-bond donors (Lipinski definition) is 3. The fourth-order valence-corrected chi connectivity index (χ4v) is 3.56. The molecule has 0 fully saturated rings. The third-order valence-corrected chi connectivity index (χ3v) is 5.60. The molecule has 7 nitrogen and oxygen atoms in total. The topological polar surface area (TPSA) is 104 Å². The van der Waals surface area contributed by atoms with Crippen LogP contribution in [-0.2, 0) is 29.0 Å². The number of sulfone groups is 1. The van der Waals surface area contributed by atoms with Gasteiger partial charge in [0.25, 0.3) is 0 Å². The monoisotopic (exact) mass is 466 g/mol. The number of aliphatic hydroxyl groups excluding tert-OH is 1. The fourth-order valence-electron chi connectivity index (χ4n) is 2.87. The van der Waals surface area contributed by atoms with Gasteiger partial charge in [0, 0.05) is 31.3 Å². The predicted molar refractivity (Wildman–Crippen MR) is 114 cm³/mol. The van der Waals surface area contributed by atoms with Crippen molar-refractivity contribution in [3.05, 3.63) is 71.4 Å². The van der Waals surface area contributed by atoms with Gasteiger partial charge in [-0.25, -0.2) is 13.4 Å². The van der Waals surface area contributed by atoms with Crippen LogP contribution in [0.3, 0.4) is 0 Å². The van der Waals surface area contributed by atoms with Crippen LogP contribution in [0.15, 0.2) is 59.6 Å². The number of anilines is 3. The Kier molecular flexibility index (Phi) is 6.99. The fraction of sp³-hybridized carbons (Fsp3) is 0.238. The molecule has 170 valence electrons. The highest BCUT2D eigenvalue weighted by Gasteiger charge is 2.35. The summed E-state index contributed by atoms with van der Waals surface area (Å²) in [6.07, 6.45) is -2.45. The zero-order valence-corrected chi connectivity index (χ0v) is 17.8. The van der Waals surface area contributed by atoms with Gasteiger partial charge in [0.15, 0.2) is 9.84 Å². The van der Waals surface area contributed by atoms with Crippen molar-refractivity contribution in [3.8, 4) is 0 Å². The first-order valence-corrected chi connectivity index (χ1v) is 11.4. The smallest absolute Gasteiger partial charge is 0.396 e. The van der Waals surface area contributed by atoms with Crippen LogP contribution in [0.2, 0.25) is 0 Å². The number of aliphatic hydroxyl groups is 1. The van der Waals surface area contributed by atoms with Crippen LogP contribution in [0.4, 0.5) is 30.6 Å². The number of hydrogen-bond acceptors (Lipinski definition) is 7. The molecular formula is C21H21F3N4O3S. The second kappa shape index (κ2) is 9.53. The first kappa shape index (κ1) is 23.5. The molecule has 0 radical (unpaired) electrons. The molecule has 32 heavy (non-hydrogen) atoms. The molecule has 0 saturated heterocycles. The van der Waals surface area contributed by atoms with Gasteiger partial charge in [0.05, 0.1) is 4.90 Å². The zero-order valence-electron chi connectivity index (χ0n) is 17.0. The van der Waals surface area contributed by atoms with Gasteiger partial charge in [-0.1, -0.05) is 24.3 Å². The molecule has 0 bridgehead atoms. The summed E-state index contributed by atoms with van der Waals surface area (Å²) < 4.78 is 63.7. The standard InChI is InChI=1S/C21H21F3N4O3S/c1-32(30,31)17-4-2-3-15(11-17)12-25-19-18(21(22,23)24)13-26-20(28-19)27-16-7-5-14(6-8-16)9-10-29/h2-8,11,13,29H,9-10,12H2,1H3,(H2,25,26,27,28). The van der Waals surface area contributed by atoms with Gasteiger partial charge in [-0.2, -0.15) is 18.2 Å². The van der Waals surface area contributed by atoms with Crippen LogP contribution >= 0.6 is 0 Å². The van der Waals surface area contributed by atoms with E-state index in [9.17, 15) is 21.6 Å². The molecule has 1 heterocycles. The number of halogens is 3. The van der Waals surface area contributed by atoms with Gasteiger partial charge < -0.3 is 15.7 Å². The summed E-state index contributed by atoms with van der Waals surface area (Å²) in [5, 5.41) is 14.5. The van der Waals surface area contributed by atoms with Gasteiger partial charge in [-0.3, -0.25) is 0 Å². The number of benzene rings is 2. The van der Waals surface area contributed by atoms with Gasteiger partial charge in [0.1, 0.15) is 11.4 Å². The molecule has 3 aromatic rings. The summed E-state index contributed by atoms with van der Waals surface area (Å²) in [5.41, 5.74) is 0.914. The van der Waals surface area contributed by atoms with E-state index >= 15 is 0 Å². The van der Waals surface area contributed by atoms with E-state index in [4.69, 9.17) is 5.11 Å². The Balaban J connectivity index is 1.83. The third-order valence-electron chi connectivity index (χ3n) is 4.49.